The first-order valence-corrected chi connectivity index (χ1v) is 9.06. The van der Waals surface area contributed by atoms with Crippen LogP contribution in [-0.2, 0) is 9.59 Å². The van der Waals surface area contributed by atoms with Crippen molar-refractivity contribution in [2.75, 3.05) is 6.61 Å². The van der Waals surface area contributed by atoms with Crippen LogP contribution in [0, 0.1) is 0 Å². The molecule has 6 heteroatoms. The number of ether oxygens (including phenoxy) is 1. The minimum atomic E-state index is -0.470. The zero-order chi connectivity index (χ0) is 16.1. The monoisotopic (exact) mass is 376 g/mol. The van der Waals surface area contributed by atoms with E-state index >= 15 is 0 Å². The number of hydrogen-bond donors (Lipinski definition) is 2. The van der Waals surface area contributed by atoms with Gasteiger partial charge in [-0.2, -0.15) is 0 Å². The molecule has 2 aromatic rings. The molecular formula is C17H16N2O3Se. The second kappa shape index (κ2) is 7.31. The van der Waals surface area contributed by atoms with Crippen molar-refractivity contribution in [1.29, 1.82) is 0 Å². The average Bonchev–Trinajstić information content (AvgIpc) is 2.59. The number of amides is 2. The van der Waals surface area contributed by atoms with Gasteiger partial charge in [0, 0.05) is 0 Å². The summed E-state index contributed by atoms with van der Waals surface area (Å²) in [6.45, 7) is -0.0984. The fourth-order valence-corrected chi connectivity index (χ4v) is 4.45. The molecule has 118 valence electrons. The maximum atomic E-state index is 12.0. The van der Waals surface area contributed by atoms with Crippen LogP contribution in [0.5, 0.6) is 5.75 Å². The van der Waals surface area contributed by atoms with E-state index in [1.54, 1.807) is 12.1 Å². The zero-order valence-corrected chi connectivity index (χ0v) is 14.0. The molecule has 23 heavy (non-hydrogen) atoms. The summed E-state index contributed by atoms with van der Waals surface area (Å²) in [5.41, 5.74) is 0. The van der Waals surface area contributed by atoms with Crippen LogP contribution in [0.25, 0.3) is 0 Å². The molecule has 1 aliphatic rings. The first kappa shape index (κ1) is 15.6. The Hall–Kier alpha value is -2.30. The van der Waals surface area contributed by atoms with Crippen molar-refractivity contribution >= 4 is 31.2 Å². The molecule has 2 aromatic carbocycles. The van der Waals surface area contributed by atoms with Crippen molar-refractivity contribution in [2.24, 2.45) is 0 Å². The van der Waals surface area contributed by atoms with Crippen LogP contribution in [0.2, 0.25) is 0 Å². The molecule has 1 heterocycles. The SMILES string of the molecule is O=C(COc1ccccc1)N[C@H]1C(=O)N[C@@H]1[Se]c1ccccc1. The Bertz CT molecular complexity index is 679. The number of β-lactam (4-membered cyclic amide) rings is 1. The van der Waals surface area contributed by atoms with Gasteiger partial charge in [-0.15, -0.1) is 0 Å². The molecule has 1 fully saturated rings. The summed E-state index contributed by atoms with van der Waals surface area (Å²) >= 11 is 0.0768. The van der Waals surface area contributed by atoms with Crippen LogP contribution in [0.4, 0.5) is 0 Å². The van der Waals surface area contributed by atoms with Gasteiger partial charge in [0.15, 0.2) is 0 Å². The number of nitrogens with one attached hydrogen (secondary N) is 2. The Morgan fingerprint density at radius 1 is 1.09 bits per heavy atom. The second-order valence-electron chi connectivity index (χ2n) is 5.01. The van der Waals surface area contributed by atoms with E-state index in [0.717, 1.165) is 0 Å². The van der Waals surface area contributed by atoms with Crippen LogP contribution in [-0.4, -0.2) is 44.4 Å². The maximum absolute atomic E-state index is 12.0. The van der Waals surface area contributed by atoms with E-state index < -0.39 is 6.04 Å². The topological polar surface area (TPSA) is 67.4 Å². The van der Waals surface area contributed by atoms with E-state index in [1.165, 1.54) is 4.46 Å². The van der Waals surface area contributed by atoms with Gasteiger partial charge in [0.25, 0.3) is 0 Å². The molecule has 1 saturated heterocycles. The molecule has 0 radical (unpaired) electrons. The molecule has 0 bridgehead atoms. The molecule has 5 nitrogen and oxygen atoms in total. The molecule has 0 unspecified atom stereocenters. The third kappa shape index (κ3) is 4.12. The van der Waals surface area contributed by atoms with E-state index in [2.05, 4.69) is 10.6 Å². The average molecular weight is 375 g/mol. The Kier molecular flexibility index (Phi) is 4.95. The standard InChI is InChI=1S/C17H16N2O3Se/c20-14(11-22-12-7-3-1-4-8-12)18-15-16(21)19-17(15)23-13-9-5-2-6-10-13/h1-10,15,17H,11H2,(H,18,20)(H,19,21)/t15-,17+/m0/s1. The predicted molar refractivity (Wildman–Crippen MR) is 87.6 cm³/mol. The summed E-state index contributed by atoms with van der Waals surface area (Å²) in [5.74, 6) is 0.203. The molecule has 0 aromatic heterocycles. The molecule has 0 spiro atoms. The van der Waals surface area contributed by atoms with Gasteiger partial charge in [-0.1, -0.05) is 0 Å². The Balaban J connectivity index is 1.49. The van der Waals surface area contributed by atoms with Crippen molar-refractivity contribution in [2.45, 2.75) is 11.0 Å². The number of hydrogen-bond acceptors (Lipinski definition) is 3. The molecule has 3 rings (SSSR count). The van der Waals surface area contributed by atoms with E-state index in [1.807, 2.05) is 48.5 Å². The van der Waals surface area contributed by atoms with Crippen molar-refractivity contribution in [3.05, 3.63) is 60.7 Å². The summed E-state index contributed by atoms with van der Waals surface area (Å²) in [4.78, 5) is 23.6. The molecular weight excluding hydrogens is 359 g/mol. The molecule has 2 atom stereocenters. The predicted octanol–water partition coefficient (Wildman–Crippen LogP) is 0.0358. The second-order valence-corrected chi connectivity index (χ2v) is 7.56. The van der Waals surface area contributed by atoms with Crippen LogP contribution >= 0.6 is 0 Å². The quantitative estimate of drug-likeness (QED) is 0.553. The summed E-state index contributed by atoms with van der Waals surface area (Å²) in [6, 6.07) is 18.6. The van der Waals surface area contributed by atoms with Crippen molar-refractivity contribution in [3.8, 4) is 5.75 Å². The third-order valence-corrected chi connectivity index (χ3v) is 5.80. The summed E-state index contributed by atoms with van der Waals surface area (Å²) in [7, 11) is 0. The van der Waals surface area contributed by atoms with Gasteiger partial charge in [-0.05, 0) is 0 Å². The molecule has 2 N–H and O–H groups in total. The fraction of sp³-hybridized carbons (Fsp3) is 0.176. The summed E-state index contributed by atoms with van der Waals surface area (Å²) in [6.07, 6.45) is 0. The van der Waals surface area contributed by atoms with Gasteiger partial charge in [-0.3, -0.25) is 0 Å². The van der Waals surface area contributed by atoms with Crippen molar-refractivity contribution < 1.29 is 14.3 Å². The fourth-order valence-electron chi connectivity index (χ4n) is 2.12. The third-order valence-electron chi connectivity index (χ3n) is 3.31. The van der Waals surface area contributed by atoms with E-state index in [9.17, 15) is 9.59 Å². The Morgan fingerprint density at radius 2 is 1.74 bits per heavy atom. The van der Waals surface area contributed by atoms with Gasteiger partial charge in [0.1, 0.15) is 0 Å². The van der Waals surface area contributed by atoms with Crippen LogP contribution in [0.1, 0.15) is 0 Å². The minimum absolute atomic E-state index is 0.0157. The van der Waals surface area contributed by atoms with Gasteiger partial charge in [0.05, 0.1) is 0 Å². The zero-order valence-electron chi connectivity index (χ0n) is 12.3. The Labute approximate surface area is 140 Å². The van der Waals surface area contributed by atoms with Crippen molar-refractivity contribution in [3.63, 3.8) is 0 Å². The molecule has 0 aliphatic carbocycles. The van der Waals surface area contributed by atoms with E-state index in [0.29, 0.717) is 5.75 Å². The first-order chi connectivity index (χ1) is 11.2. The number of carbonyl (C=O) groups excluding carboxylic acids is 2. The first-order valence-electron chi connectivity index (χ1n) is 7.22. The molecule has 1 aliphatic heterocycles. The van der Waals surface area contributed by atoms with Crippen LogP contribution in [0.15, 0.2) is 60.7 Å². The van der Waals surface area contributed by atoms with Gasteiger partial charge in [0.2, 0.25) is 0 Å². The van der Waals surface area contributed by atoms with Gasteiger partial charge < -0.3 is 0 Å². The van der Waals surface area contributed by atoms with E-state index in [-0.39, 0.29) is 38.3 Å². The van der Waals surface area contributed by atoms with Crippen molar-refractivity contribution in [1.82, 2.24) is 10.6 Å². The van der Waals surface area contributed by atoms with Gasteiger partial charge >= 0.3 is 140 Å². The summed E-state index contributed by atoms with van der Waals surface area (Å²) in [5, 5.41) is 5.60. The number of para-hydroxylation sites is 1. The van der Waals surface area contributed by atoms with Gasteiger partial charge in [-0.25, -0.2) is 0 Å². The number of benzene rings is 2. The Morgan fingerprint density at radius 3 is 2.39 bits per heavy atom. The normalized spacial score (nSPS) is 19.4. The molecule has 2 amide bonds. The number of carbonyl (C=O) groups is 2. The molecule has 0 saturated carbocycles. The van der Waals surface area contributed by atoms with Crippen LogP contribution < -0.4 is 19.8 Å². The van der Waals surface area contributed by atoms with Crippen LogP contribution in [0.3, 0.4) is 0 Å². The summed E-state index contributed by atoms with van der Waals surface area (Å²) < 4.78 is 6.57. The number of rotatable bonds is 6. The van der Waals surface area contributed by atoms with E-state index in [4.69, 9.17) is 4.74 Å².